The molecule has 2 aromatic carbocycles. The van der Waals surface area contributed by atoms with E-state index in [1.54, 1.807) is 48.5 Å². The van der Waals surface area contributed by atoms with Gasteiger partial charge < -0.3 is 24.4 Å². The van der Waals surface area contributed by atoms with Crippen LogP contribution in [0.3, 0.4) is 0 Å². The lowest BCUT2D eigenvalue weighted by atomic mass is 9.94. The van der Waals surface area contributed by atoms with Gasteiger partial charge in [0.1, 0.15) is 11.5 Å². The molecule has 1 N–H and O–H groups in total. The number of esters is 1. The molecule has 0 aliphatic carbocycles. The molecule has 192 valence electrons. The van der Waals surface area contributed by atoms with E-state index in [-0.39, 0.29) is 11.3 Å². The molecule has 8 heteroatoms. The fraction of sp³-hybridized carbons (Fsp3) is 0.393. The first-order valence-electron chi connectivity index (χ1n) is 12.3. The Morgan fingerprint density at radius 3 is 2.33 bits per heavy atom. The van der Waals surface area contributed by atoms with Crippen LogP contribution in [-0.2, 0) is 14.3 Å². The molecule has 1 fully saturated rings. The number of methoxy groups -OCH3 is 1. The molecule has 1 aliphatic heterocycles. The van der Waals surface area contributed by atoms with Crippen molar-refractivity contribution in [2.24, 2.45) is 0 Å². The smallest absolute Gasteiger partial charge is 0.337 e. The molecule has 0 aromatic heterocycles. The lowest BCUT2D eigenvalue weighted by Gasteiger charge is -2.27. The second-order valence-electron chi connectivity index (χ2n) is 8.45. The van der Waals surface area contributed by atoms with E-state index in [1.807, 2.05) is 6.92 Å². The largest absolute Gasteiger partial charge is 0.507 e. The monoisotopic (exact) mass is 494 g/mol. The maximum Gasteiger partial charge on any atom is 0.337 e. The molecule has 1 atom stereocenters. The highest BCUT2D eigenvalue weighted by Gasteiger charge is 2.45. The van der Waals surface area contributed by atoms with Crippen LogP contribution < -0.4 is 4.74 Å². The summed E-state index contributed by atoms with van der Waals surface area (Å²) in [5.74, 6) is -1.59. The van der Waals surface area contributed by atoms with Crippen LogP contribution in [0.5, 0.6) is 5.75 Å². The quantitative estimate of drug-likeness (QED) is 0.218. The number of ether oxygens (including phenoxy) is 2. The topological polar surface area (TPSA) is 96.4 Å². The molecule has 1 saturated heterocycles. The average Bonchev–Trinajstić information content (AvgIpc) is 3.15. The van der Waals surface area contributed by atoms with Gasteiger partial charge in [0.15, 0.2) is 0 Å². The van der Waals surface area contributed by atoms with Crippen molar-refractivity contribution in [1.29, 1.82) is 0 Å². The summed E-state index contributed by atoms with van der Waals surface area (Å²) in [5.41, 5.74) is 1.37. The zero-order valence-electron chi connectivity index (χ0n) is 21.3. The van der Waals surface area contributed by atoms with E-state index < -0.39 is 23.7 Å². The van der Waals surface area contributed by atoms with Crippen molar-refractivity contribution in [3.63, 3.8) is 0 Å². The number of nitrogens with zero attached hydrogens (tertiary/aromatic N) is 2. The summed E-state index contributed by atoms with van der Waals surface area (Å²) in [7, 11) is 1.30. The number of carbonyl (C=O) groups excluding carboxylic acids is 3. The van der Waals surface area contributed by atoms with Crippen molar-refractivity contribution in [3.8, 4) is 5.75 Å². The standard InChI is InChI=1S/C28H34N2O6/c1-5-29(6-2)16-9-17-30-24(19-12-14-20(15-13-19)28(34)35-4)23(26(32)27(30)33)25(31)21-10-8-11-22(18-21)36-7-3/h8,10-15,18,24,31H,5-7,9,16-17H2,1-4H3/b25-23+. The number of hydrogen-bond donors (Lipinski definition) is 1. The Morgan fingerprint density at radius 1 is 1.03 bits per heavy atom. The number of aliphatic hydroxyl groups is 1. The van der Waals surface area contributed by atoms with E-state index in [0.717, 1.165) is 19.6 Å². The highest BCUT2D eigenvalue weighted by Crippen LogP contribution is 2.40. The Hall–Kier alpha value is -3.65. The molecule has 1 aliphatic rings. The minimum Gasteiger partial charge on any atom is -0.507 e. The fourth-order valence-corrected chi connectivity index (χ4v) is 4.44. The number of hydrogen-bond acceptors (Lipinski definition) is 7. The predicted molar refractivity (Wildman–Crippen MR) is 137 cm³/mol. The molecule has 3 rings (SSSR count). The highest BCUT2D eigenvalue weighted by atomic mass is 16.5. The molecule has 8 nitrogen and oxygen atoms in total. The van der Waals surface area contributed by atoms with Crippen molar-refractivity contribution in [1.82, 2.24) is 9.80 Å². The number of rotatable bonds is 11. The number of likely N-dealkylation sites (tertiary alicyclic amines) is 1. The number of benzene rings is 2. The minimum atomic E-state index is -0.788. The molecule has 1 heterocycles. The van der Waals surface area contributed by atoms with Gasteiger partial charge in [-0.25, -0.2) is 4.79 Å². The third-order valence-electron chi connectivity index (χ3n) is 6.37. The van der Waals surface area contributed by atoms with Crippen molar-refractivity contribution >= 4 is 23.4 Å². The van der Waals surface area contributed by atoms with Gasteiger partial charge in [-0.2, -0.15) is 0 Å². The van der Waals surface area contributed by atoms with E-state index in [4.69, 9.17) is 9.47 Å². The summed E-state index contributed by atoms with van der Waals surface area (Å²) in [5, 5.41) is 11.3. The lowest BCUT2D eigenvalue weighted by molar-refractivity contribution is -0.140. The number of Topliss-reactive ketones (excluding diaryl/α,β-unsaturated/α-hetero) is 1. The van der Waals surface area contributed by atoms with Gasteiger partial charge in [0.2, 0.25) is 0 Å². The van der Waals surface area contributed by atoms with Gasteiger partial charge in [0.05, 0.1) is 30.9 Å². The average molecular weight is 495 g/mol. The molecular formula is C28H34N2O6. The minimum absolute atomic E-state index is 0.0160. The Kier molecular flexibility index (Phi) is 9.25. The first-order valence-corrected chi connectivity index (χ1v) is 12.3. The van der Waals surface area contributed by atoms with Crippen LogP contribution in [0, 0.1) is 0 Å². The summed E-state index contributed by atoms with van der Waals surface area (Å²) in [6.45, 7) is 9.38. The fourth-order valence-electron chi connectivity index (χ4n) is 4.44. The van der Waals surface area contributed by atoms with E-state index in [2.05, 4.69) is 18.7 Å². The lowest BCUT2D eigenvalue weighted by Crippen LogP contribution is -2.33. The molecular weight excluding hydrogens is 460 g/mol. The molecule has 0 radical (unpaired) electrons. The Balaban J connectivity index is 2.05. The maximum atomic E-state index is 13.2. The van der Waals surface area contributed by atoms with Crippen LogP contribution >= 0.6 is 0 Å². The van der Waals surface area contributed by atoms with Crippen LogP contribution in [0.1, 0.15) is 54.7 Å². The van der Waals surface area contributed by atoms with E-state index in [1.165, 1.54) is 12.0 Å². The summed E-state index contributed by atoms with van der Waals surface area (Å²) in [4.78, 5) is 42.1. The van der Waals surface area contributed by atoms with Crippen molar-refractivity contribution < 1.29 is 29.0 Å². The summed E-state index contributed by atoms with van der Waals surface area (Å²) in [6, 6.07) is 12.6. The number of ketones is 1. The van der Waals surface area contributed by atoms with Gasteiger partial charge in [-0.1, -0.05) is 38.1 Å². The van der Waals surface area contributed by atoms with Crippen LogP contribution in [0.15, 0.2) is 54.1 Å². The third-order valence-corrected chi connectivity index (χ3v) is 6.37. The van der Waals surface area contributed by atoms with E-state index in [0.29, 0.717) is 42.0 Å². The summed E-state index contributed by atoms with van der Waals surface area (Å²) >= 11 is 0. The van der Waals surface area contributed by atoms with E-state index in [9.17, 15) is 19.5 Å². The Morgan fingerprint density at radius 2 is 1.72 bits per heavy atom. The molecule has 36 heavy (non-hydrogen) atoms. The molecule has 1 amide bonds. The SMILES string of the molecule is CCOc1cccc(/C(O)=C2\C(=O)C(=O)N(CCCN(CC)CC)C2c2ccc(C(=O)OC)cc2)c1. The number of aliphatic hydroxyl groups excluding tert-OH is 1. The van der Waals surface area contributed by atoms with Gasteiger partial charge in [0, 0.05) is 12.1 Å². The zero-order chi connectivity index (χ0) is 26.2. The molecule has 0 spiro atoms. The third kappa shape index (κ3) is 5.76. The van der Waals surface area contributed by atoms with Crippen molar-refractivity contribution in [2.45, 2.75) is 33.2 Å². The van der Waals surface area contributed by atoms with Gasteiger partial charge in [-0.15, -0.1) is 0 Å². The van der Waals surface area contributed by atoms with Gasteiger partial charge in [-0.3, -0.25) is 9.59 Å². The van der Waals surface area contributed by atoms with E-state index >= 15 is 0 Å². The van der Waals surface area contributed by atoms with Crippen LogP contribution in [-0.4, -0.2) is 72.5 Å². The van der Waals surface area contributed by atoms with Crippen LogP contribution in [0.4, 0.5) is 0 Å². The van der Waals surface area contributed by atoms with Crippen molar-refractivity contribution in [2.75, 3.05) is 39.9 Å². The maximum absolute atomic E-state index is 13.2. The number of carbonyl (C=O) groups is 3. The molecule has 0 bridgehead atoms. The van der Waals surface area contributed by atoms with Crippen LogP contribution in [0.25, 0.3) is 5.76 Å². The molecule has 1 unspecified atom stereocenters. The first kappa shape index (κ1) is 26.9. The van der Waals surface area contributed by atoms with Crippen LogP contribution in [0.2, 0.25) is 0 Å². The zero-order valence-corrected chi connectivity index (χ0v) is 21.3. The Labute approximate surface area is 212 Å². The Bertz CT molecular complexity index is 1120. The highest BCUT2D eigenvalue weighted by molar-refractivity contribution is 6.46. The molecule has 0 saturated carbocycles. The summed E-state index contributed by atoms with van der Waals surface area (Å²) in [6.07, 6.45) is 0.672. The molecule has 2 aromatic rings. The van der Waals surface area contributed by atoms with Gasteiger partial charge in [-0.05, 0) is 62.8 Å². The first-order chi connectivity index (χ1) is 17.4. The second-order valence-corrected chi connectivity index (χ2v) is 8.45. The second kappa shape index (κ2) is 12.4. The van der Waals surface area contributed by atoms with Gasteiger partial charge in [0.25, 0.3) is 11.7 Å². The summed E-state index contributed by atoms with van der Waals surface area (Å²) < 4.78 is 10.3. The number of amides is 1. The van der Waals surface area contributed by atoms with Crippen molar-refractivity contribution in [3.05, 3.63) is 70.8 Å². The normalized spacial score (nSPS) is 17.0. The predicted octanol–water partition coefficient (Wildman–Crippen LogP) is 4.03. The van der Waals surface area contributed by atoms with Gasteiger partial charge >= 0.3 is 5.97 Å².